The number of hydrogen-bond donors (Lipinski definition) is 1. The third-order valence-corrected chi connectivity index (χ3v) is 1.12. The summed E-state index contributed by atoms with van der Waals surface area (Å²) in [5.41, 5.74) is 0. The van der Waals surface area contributed by atoms with E-state index in [0.717, 1.165) is 5.78 Å². The van der Waals surface area contributed by atoms with Gasteiger partial charge in [0, 0.05) is 24.8 Å². The van der Waals surface area contributed by atoms with E-state index >= 15 is 0 Å². The molecule has 40 valence electrons. The van der Waals surface area contributed by atoms with Gasteiger partial charge in [-0.15, -0.1) is 0 Å². The van der Waals surface area contributed by atoms with Gasteiger partial charge in [-0.3, -0.25) is 4.40 Å². The van der Waals surface area contributed by atoms with Gasteiger partial charge >= 0.3 is 0 Å². The number of H-pyrrole nitrogens is 1. The van der Waals surface area contributed by atoms with Crippen molar-refractivity contribution < 1.29 is 0 Å². The van der Waals surface area contributed by atoms with Crippen molar-refractivity contribution in [3.05, 3.63) is 24.8 Å². The van der Waals surface area contributed by atoms with E-state index in [0.29, 0.717) is 0 Å². The number of nitrogens with zero attached hydrogens (tertiary/aromatic N) is 2. The first-order valence-electron chi connectivity index (χ1n) is 2.43. The molecular weight excluding hydrogens is 102 g/mol. The third-order valence-electron chi connectivity index (χ3n) is 1.12. The Morgan fingerprint density at radius 1 is 1.50 bits per heavy atom. The highest BCUT2D eigenvalue weighted by molar-refractivity contribution is 5.26. The van der Waals surface area contributed by atoms with Crippen LogP contribution in [0.2, 0.25) is 0 Å². The van der Waals surface area contributed by atoms with E-state index < -0.39 is 0 Å². The molecule has 0 aliphatic heterocycles. The molecule has 0 amide bonds. The van der Waals surface area contributed by atoms with Gasteiger partial charge in [-0.2, -0.15) is 0 Å². The van der Waals surface area contributed by atoms with Gasteiger partial charge < -0.3 is 4.98 Å². The number of aromatic amines is 1. The Hall–Kier alpha value is -1.25. The molecule has 8 heavy (non-hydrogen) atoms. The Bertz CT molecular complexity index is 229. The van der Waals surface area contributed by atoms with Gasteiger partial charge in [0.2, 0.25) is 5.78 Å². The minimum atomic E-state index is 0.894. The van der Waals surface area contributed by atoms with Crippen LogP contribution in [0, 0.1) is 0 Å². The molecule has 2 aromatic rings. The normalized spacial score (nSPS) is 10.5. The summed E-state index contributed by atoms with van der Waals surface area (Å²) >= 11 is 0. The minimum Gasteiger partial charge on any atom is -0.330 e. The van der Waals surface area contributed by atoms with E-state index in [1.165, 1.54) is 0 Å². The first-order chi connectivity index (χ1) is 3.97. The second-order valence-electron chi connectivity index (χ2n) is 1.62. The molecule has 0 atom stereocenters. The average Bonchev–Trinajstić information content (AvgIpc) is 2.15. The van der Waals surface area contributed by atoms with Crippen molar-refractivity contribution in [1.82, 2.24) is 14.4 Å². The molecule has 1 N–H and O–H groups in total. The minimum absolute atomic E-state index is 0.894. The lowest BCUT2D eigenvalue weighted by Gasteiger charge is -1.72. The van der Waals surface area contributed by atoms with Crippen LogP contribution in [-0.4, -0.2) is 14.4 Å². The van der Waals surface area contributed by atoms with Crippen molar-refractivity contribution in [3.8, 4) is 0 Å². The molecule has 2 heterocycles. The molecule has 3 nitrogen and oxygen atoms in total. The summed E-state index contributed by atoms with van der Waals surface area (Å²) < 4.78 is 1.92. The molecule has 0 unspecified atom stereocenters. The van der Waals surface area contributed by atoms with E-state index in [1.54, 1.807) is 6.20 Å². The highest BCUT2D eigenvalue weighted by atomic mass is 15.1. The van der Waals surface area contributed by atoms with Crippen molar-refractivity contribution >= 4 is 5.78 Å². The lowest BCUT2D eigenvalue weighted by molar-refractivity contribution is 1.21. The van der Waals surface area contributed by atoms with E-state index in [-0.39, 0.29) is 0 Å². The Morgan fingerprint density at radius 2 is 2.50 bits per heavy atom. The SMILES string of the molecule is c1cn2cc[nH]c2n1. The van der Waals surface area contributed by atoms with Crippen LogP contribution in [0.5, 0.6) is 0 Å². The summed E-state index contributed by atoms with van der Waals surface area (Å²) in [6.45, 7) is 0. The fraction of sp³-hybridized carbons (Fsp3) is 0. The van der Waals surface area contributed by atoms with Crippen molar-refractivity contribution in [2.24, 2.45) is 0 Å². The van der Waals surface area contributed by atoms with Gasteiger partial charge in [0.1, 0.15) is 0 Å². The summed E-state index contributed by atoms with van der Waals surface area (Å²) in [5.74, 6) is 0.894. The van der Waals surface area contributed by atoms with Gasteiger partial charge in [-0.25, -0.2) is 4.98 Å². The third kappa shape index (κ3) is 0.307. The second-order valence-corrected chi connectivity index (χ2v) is 1.62. The van der Waals surface area contributed by atoms with Crippen LogP contribution < -0.4 is 0 Å². The number of imidazole rings is 2. The average molecular weight is 107 g/mol. The first kappa shape index (κ1) is 3.72. The Labute approximate surface area is 46.0 Å². The van der Waals surface area contributed by atoms with Crippen LogP contribution in [0.4, 0.5) is 0 Å². The van der Waals surface area contributed by atoms with Crippen LogP contribution in [0.1, 0.15) is 0 Å². The summed E-state index contributed by atoms with van der Waals surface area (Å²) in [6, 6.07) is 0. The van der Waals surface area contributed by atoms with Crippen molar-refractivity contribution in [1.29, 1.82) is 0 Å². The van der Waals surface area contributed by atoms with E-state index in [4.69, 9.17) is 0 Å². The van der Waals surface area contributed by atoms with Crippen LogP contribution in [0.3, 0.4) is 0 Å². The summed E-state index contributed by atoms with van der Waals surface area (Å²) in [5, 5.41) is 0. The monoisotopic (exact) mass is 107 g/mol. The highest BCUT2D eigenvalue weighted by Crippen LogP contribution is 1.92. The fourth-order valence-corrected chi connectivity index (χ4v) is 0.737. The van der Waals surface area contributed by atoms with Crippen LogP contribution >= 0.6 is 0 Å². The molecule has 2 rings (SSSR count). The van der Waals surface area contributed by atoms with Gasteiger partial charge in [0.05, 0.1) is 0 Å². The molecule has 0 saturated carbocycles. The Balaban J connectivity index is 3.06. The van der Waals surface area contributed by atoms with E-state index in [2.05, 4.69) is 9.97 Å². The lowest BCUT2D eigenvalue weighted by Crippen LogP contribution is -1.70. The fourth-order valence-electron chi connectivity index (χ4n) is 0.737. The number of nitrogens with one attached hydrogen (secondary N) is 1. The Morgan fingerprint density at radius 3 is 3.38 bits per heavy atom. The molecule has 0 aromatic carbocycles. The molecule has 0 aliphatic carbocycles. The molecule has 3 heteroatoms. The highest BCUT2D eigenvalue weighted by Gasteiger charge is 1.87. The summed E-state index contributed by atoms with van der Waals surface area (Å²) in [4.78, 5) is 6.94. The van der Waals surface area contributed by atoms with Crippen LogP contribution in [0.25, 0.3) is 5.78 Å². The van der Waals surface area contributed by atoms with Gasteiger partial charge in [0.15, 0.2) is 0 Å². The zero-order valence-electron chi connectivity index (χ0n) is 4.20. The predicted octanol–water partition coefficient (Wildman–Crippen LogP) is 0.662. The predicted molar refractivity (Wildman–Crippen MR) is 29.5 cm³/mol. The zero-order chi connectivity index (χ0) is 5.40. The largest absolute Gasteiger partial charge is 0.330 e. The van der Waals surface area contributed by atoms with Crippen molar-refractivity contribution in [2.45, 2.75) is 0 Å². The topological polar surface area (TPSA) is 33.1 Å². The molecule has 0 bridgehead atoms. The molecule has 0 spiro atoms. The maximum Gasteiger partial charge on any atom is 0.211 e. The molecular formula is C5H5N3. The van der Waals surface area contributed by atoms with Gasteiger partial charge in [-0.05, 0) is 0 Å². The lowest BCUT2D eigenvalue weighted by atomic mass is 10.9. The maximum absolute atomic E-state index is 3.99. The van der Waals surface area contributed by atoms with Gasteiger partial charge in [-0.1, -0.05) is 0 Å². The molecule has 2 aromatic heterocycles. The summed E-state index contributed by atoms with van der Waals surface area (Å²) in [7, 11) is 0. The molecule has 0 saturated heterocycles. The second kappa shape index (κ2) is 1.12. The van der Waals surface area contributed by atoms with Gasteiger partial charge in [0.25, 0.3) is 0 Å². The number of rotatable bonds is 0. The van der Waals surface area contributed by atoms with Crippen LogP contribution in [0.15, 0.2) is 24.8 Å². The van der Waals surface area contributed by atoms with Crippen molar-refractivity contribution in [2.75, 3.05) is 0 Å². The molecule has 0 radical (unpaired) electrons. The maximum atomic E-state index is 3.99. The Kier molecular flexibility index (Phi) is 0.521. The zero-order valence-corrected chi connectivity index (χ0v) is 4.20. The standard InChI is InChI=1S/C5H5N3/c1-3-8-4-2-7-5(8)6-1/h1-4H,(H,6,7). The number of aromatic nitrogens is 3. The van der Waals surface area contributed by atoms with E-state index in [9.17, 15) is 0 Å². The van der Waals surface area contributed by atoms with Crippen LogP contribution in [-0.2, 0) is 0 Å². The summed E-state index contributed by atoms with van der Waals surface area (Å²) in [6.07, 6.45) is 7.42. The first-order valence-corrected chi connectivity index (χ1v) is 2.43. The van der Waals surface area contributed by atoms with E-state index in [1.807, 2.05) is 23.0 Å². The number of hydrogen-bond acceptors (Lipinski definition) is 1. The molecule has 0 fully saturated rings. The van der Waals surface area contributed by atoms with Crippen molar-refractivity contribution in [3.63, 3.8) is 0 Å². The number of fused-ring (bicyclic) bond motifs is 1. The smallest absolute Gasteiger partial charge is 0.211 e. The molecule has 0 aliphatic rings. The quantitative estimate of drug-likeness (QED) is 0.527.